The highest BCUT2D eigenvalue weighted by Gasteiger charge is 2.29. The highest BCUT2D eigenvalue weighted by molar-refractivity contribution is 6.01. The predicted octanol–water partition coefficient (Wildman–Crippen LogP) is 6.66. The van der Waals surface area contributed by atoms with Crippen LogP contribution in [0.15, 0.2) is 96.1 Å². The molecule has 0 bridgehead atoms. The van der Waals surface area contributed by atoms with Crippen LogP contribution in [0.4, 0.5) is 5.82 Å². The van der Waals surface area contributed by atoms with Crippen molar-refractivity contribution < 1.29 is 9.47 Å². The summed E-state index contributed by atoms with van der Waals surface area (Å²) in [6, 6.07) is 28.7. The van der Waals surface area contributed by atoms with E-state index in [0.717, 1.165) is 45.9 Å². The van der Waals surface area contributed by atoms with Crippen molar-refractivity contribution in [3.8, 4) is 11.5 Å². The van der Waals surface area contributed by atoms with Gasteiger partial charge in [-0.25, -0.2) is 9.99 Å². The number of ether oxygens (including phenoxy) is 2. The molecule has 0 amide bonds. The molecular weight excluding hydrogens is 422 g/mol. The van der Waals surface area contributed by atoms with E-state index in [2.05, 4.69) is 36.4 Å². The highest BCUT2D eigenvalue weighted by Crippen LogP contribution is 2.36. The van der Waals surface area contributed by atoms with Gasteiger partial charge in [-0.3, -0.25) is 0 Å². The van der Waals surface area contributed by atoms with E-state index in [-0.39, 0.29) is 6.04 Å². The van der Waals surface area contributed by atoms with Gasteiger partial charge in [-0.05, 0) is 66.6 Å². The first-order valence-electron chi connectivity index (χ1n) is 11.5. The van der Waals surface area contributed by atoms with Gasteiger partial charge < -0.3 is 9.47 Å². The Kier molecular flexibility index (Phi) is 6.25. The molecule has 0 saturated heterocycles. The lowest BCUT2D eigenvalue weighted by Gasteiger charge is -2.23. The highest BCUT2D eigenvalue weighted by atomic mass is 16.5. The number of nitrogens with zero attached hydrogens (tertiary/aromatic N) is 3. The van der Waals surface area contributed by atoms with Gasteiger partial charge >= 0.3 is 0 Å². The minimum Gasteiger partial charge on any atom is -0.497 e. The van der Waals surface area contributed by atoms with E-state index in [4.69, 9.17) is 19.6 Å². The summed E-state index contributed by atoms with van der Waals surface area (Å²) < 4.78 is 10.9. The number of rotatable bonds is 7. The number of hydrogen-bond acceptors (Lipinski definition) is 5. The van der Waals surface area contributed by atoms with E-state index in [1.54, 1.807) is 7.11 Å². The molecule has 170 valence electrons. The minimum absolute atomic E-state index is 0.0554. The number of hydrazone groups is 1. The van der Waals surface area contributed by atoms with Crippen molar-refractivity contribution in [1.82, 2.24) is 4.98 Å². The molecule has 2 heterocycles. The molecule has 3 aromatic carbocycles. The second-order valence-electron chi connectivity index (χ2n) is 8.13. The van der Waals surface area contributed by atoms with E-state index in [9.17, 15) is 0 Å². The molecule has 1 aliphatic heterocycles. The number of allylic oxidation sites excluding steroid dienone is 1. The Morgan fingerprint density at radius 1 is 0.882 bits per heavy atom. The van der Waals surface area contributed by atoms with Gasteiger partial charge in [-0.1, -0.05) is 48.5 Å². The van der Waals surface area contributed by atoms with Gasteiger partial charge in [-0.15, -0.1) is 0 Å². The topological polar surface area (TPSA) is 47.0 Å². The molecule has 0 saturated carbocycles. The first-order chi connectivity index (χ1) is 16.7. The van der Waals surface area contributed by atoms with Crippen molar-refractivity contribution >= 4 is 28.5 Å². The third-order valence-corrected chi connectivity index (χ3v) is 5.91. The van der Waals surface area contributed by atoms with E-state index in [1.807, 2.05) is 72.6 Å². The van der Waals surface area contributed by atoms with Gasteiger partial charge in [0.25, 0.3) is 0 Å². The van der Waals surface area contributed by atoms with Gasteiger partial charge in [0.2, 0.25) is 0 Å². The average molecular weight is 450 g/mol. The third kappa shape index (κ3) is 4.64. The lowest BCUT2D eigenvalue weighted by atomic mass is 10.0. The number of anilines is 1. The van der Waals surface area contributed by atoms with Crippen molar-refractivity contribution in [2.45, 2.75) is 19.4 Å². The summed E-state index contributed by atoms with van der Waals surface area (Å²) in [7, 11) is 1.68. The summed E-state index contributed by atoms with van der Waals surface area (Å²) >= 11 is 0. The molecule has 1 aromatic heterocycles. The van der Waals surface area contributed by atoms with Gasteiger partial charge in [0.15, 0.2) is 0 Å². The second kappa shape index (κ2) is 9.79. The molecule has 0 fully saturated rings. The monoisotopic (exact) mass is 449 g/mol. The first-order valence-corrected chi connectivity index (χ1v) is 11.5. The summed E-state index contributed by atoms with van der Waals surface area (Å²) in [6.45, 7) is 2.65. The summed E-state index contributed by atoms with van der Waals surface area (Å²) in [4.78, 5) is 4.91. The second-order valence-corrected chi connectivity index (χ2v) is 8.13. The standard InChI is InChI=1S/C29H27N3O2/c1-3-34-26-17-11-23(12-18-26)28-20-24(14-8-21-9-15-25(33-2)16-10-21)31-32(28)29-19-13-22-6-4-5-7-27(22)30-29/h4-19,28H,3,20H2,1-2H3. The molecule has 0 aliphatic carbocycles. The van der Waals surface area contributed by atoms with Crippen molar-refractivity contribution in [2.75, 3.05) is 18.7 Å². The number of aromatic nitrogens is 1. The zero-order valence-corrected chi connectivity index (χ0v) is 19.4. The Balaban J connectivity index is 1.47. The Morgan fingerprint density at radius 2 is 1.65 bits per heavy atom. The summed E-state index contributed by atoms with van der Waals surface area (Å²) in [5.74, 6) is 2.56. The summed E-state index contributed by atoms with van der Waals surface area (Å²) in [5, 5.41) is 8.13. The van der Waals surface area contributed by atoms with Gasteiger partial charge in [-0.2, -0.15) is 5.10 Å². The van der Waals surface area contributed by atoms with Crippen molar-refractivity contribution in [3.05, 3.63) is 102 Å². The maximum atomic E-state index is 5.63. The fourth-order valence-electron chi connectivity index (χ4n) is 4.15. The van der Waals surface area contributed by atoms with E-state index < -0.39 is 0 Å². The van der Waals surface area contributed by atoms with Gasteiger partial charge in [0, 0.05) is 11.8 Å². The Labute approximate surface area is 200 Å². The molecule has 1 atom stereocenters. The minimum atomic E-state index is 0.0554. The lowest BCUT2D eigenvalue weighted by Crippen LogP contribution is -2.19. The van der Waals surface area contributed by atoms with Crippen LogP contribution in [0.25, 0.3) is 17.0 Å². The van der Waals surface area contributed by atoms with Crippen LogP contribution in [0.2, 0.25) is 0 Å². The van der Waals surface area contributed by atoms with E-state index in [0.29, 0.717) is 6.61 Å². The number of para-hydroxylation sites is 1. The smallest absolute Gasteiger partial charge is 0.150 e. The van der Waals surface area contributed by atoms with Crippen LogP contribution in [0.1, 0.15) is 30.5 Å². The van der Waals surface area contributed by atoms with E-state index >= 15 is 0 Å². The Morgan fingerprint density at radius 3 is 2.41 bits per heavy atom. The maximum absolute atomic E-state index is 5.63. The molecule has 4 aromatic rings. The summed E-state index contributed by atoms with van der Waals surface area (Å²) in [6.07, 6.45) is 4.96. The molecule has 1 aliphatic rings. The SMILES string of the molecule is CCOc1ccc(C2CC(C=Cc3ccc(OC)cc3)=NN2c2ccc3ccccc3n2)cc1. The zero-order chi connectivity index (χ0) is 23.3. The molecular formula is C29H27N3O2. The maximum Gasteiger partial charge on any atom is 0.150 e. The molecule has 0 N–H and O–H groups in total. The van der Waals surface area contributed by atoms with Crippen LogP contribution in [0.3, 0.4) is 0 Å². The number of fused-ring (bicyclic) bond motifs is 1. The fourth-order valence-corrected chi connectivity index (χ4v) is 4.15. The normalized spacial score (nSPS) is 15.6. The number of methoxy groups -OCH3 is 1. The molecule has 34 heavy (non-hydrogen) atoms. The average Bonchev–Trinajstić information content (AvgIpc) is 3.32. The van der Waals surface area contributed by atoms with Crippen molar-refractivity contribution in [2.24, 2.45) is 5.10 Å². The van der Waals surface area contributed by atoms with Crippen LogP contribution in [0, 0.1) is 0 Å². The van der Waals surface area contributed by atoms with Crippen molar-refractivity contribution in [1.29, 1.82) is 0 Å². The third-order valence-electron chi connectivity index (χ3n) is 5.91. The summed E-state index contributed by atoms with van der Waals surface area (Å²) in [5.41, 5.74) is 4.24. The van der Waals surface area contributed by atoms with E-state index in [1.165, 1.54) is 5.56 Å². The van der Waals surface area contributed by atoms with Crippen LogP contribution < -0.4 is 14.5 Å². The van der Waals surface area contributed by atoms with Crippen LogP contribution in [-0.2, 0) is 0 Å². The van der Waals surface area contributed by atoms with Crippen LogP contribution >= 0.6 is 0 Å². The molecule has 0 radical (unpaired) electrons. The predicted molar refractivity (Wildman–Crippen MR) is 139 cm³/mol. The number of hydrogen-bond donors (Lipinski definition) is 0. The lowest BCUT2D eigenvalue weighted by molar-refractivity contribution is 0.340. The molecule has 5 heteroatoms. The van der Waals surface area contributed by atoms with Gasteiger partial charge in [0.1, 0.15) is 17.3 Å². The molecule has 5 rings (SSSR count). The Hall–Kier alpha value is -4.12. The molecule has 5 nitrogen and oxygen atoms in total. The van der Waals surface area contributed by atoms with Crippen LogP contribution in [0.5, 0.6) is 11.5 Å². The van der Waals surface area contributed by atoms with Crippen molar-refractivity contribution in [3.63, 3.8) is 0 Å². The fraction of sp³-hybridized carbons (Fsp3) is 0.172. The first kappa shape index (κ1) is 21.7. The zero-order valence-electron chi connectivity index (χ0n) is 19.4. The van der Waals surface area contributed by atoms with Crippen LogP contribution in [-0.4, -0.2) is 24.4 Å². The number of benzene rings is 3. The molecule has 0 spiro atoms. The quantitative estimate of drug-likeness (QED) is 0.316. The molecule has 1 unspecified atom stereocenters. The Bertz CT molecular complexity index is 1330. The van der Waals surface area contributed by atoms with Gasteiger partial charge in [0.05, 0.1) is 31.0 Å². The number of pyridine rings is 1. The largest absolute Gasteiger partial charge is 0.497 e.